The molecule has 0 heterocycles. The van der Waals surface area contributed by atoms with E-state index in [-0.39, 0.29) is 18.6 Å². The van der Waals surface area contributed by atoms with E-state index in [1.54, 1.807) is 0 Å². The van der Waals surface area contributed by atoms with Gasteiger partial charge in [0.15, 0.2) is 6.61 Å². The highest BCUT2D eigenvalue weighted by atomic mass is 16.5. The summed E-state index contributed by atoms with van der Waals surface area (Å²) in [6.45, 7) is 4.37. The smallest absolute Gasteiger partial charge is 0.258 e. The number of nitrogens with one attached hydrogen (secondary N) is 1. The summed E-state index contributed by atoms with van der Waals surface area (Å²) in [6.07, 6.45) is 3.20. The van der Waals surface area contributed by atoms with Gasteiger partial charge in [0.1, 0.15) is 5.75 Å². The fraction of sp³-hybridized carbons (Fsp3) is 0.381. The first-order valence-electron chi connectivity index (χ1n) is 8.73. The molecule has 3 heteroatoms. The van der Waals surface area contributed by atoms with E-state index >= 15 is 0 Å². The molecule has 3 nitrogen and oxygen atoms in total. The van der Waals surface area contributed by atoms with Crippen molar-refractivity contribution in [1.29, 1.82) is 0 Å². The third kappa shape index (κ3) is 3.97. The Morgan fingerprint density at radius 1 is 1.17 bits per heavy atom. The Hall–Kier alpha value is -2.29. The van der Waals surface area contributed by atoms with Gasteiger partial charge in [0.25, 0.3) is 5.91 Å². The predicted molar refractivity (Wildman–Crippen MR) is 96.3 cm³/mol. The SMILES string of the molecule is CC(C)c1ccc(OCC(=O)N[C@H]2CCCc3ccccc32)cc1. The molecule has 0 bridgehead atoms. The molecule has 1 aliphatic carbocycles. The lowest BCUT2D eigenvalue weighted by Gasteiger charge is -2.26. The zero-order chi connectivity index (χ0) is 16.9. The number of hydrogen-bond acceptors (Lipinski definition) is 2. The van der Waals surface area contributed by atoms with Crippen molar-refractivity contribution in [1.82, 2.24) is 5.32 Å². The summed E-state index contributed by atoms with van der Waals surface area (Å²) < 4.78 is 5.62. The van der Waals surface area contributed by atoms with E-state index in [2.05, 4.69) is 49.5 Å². The molecule has 0 aliphatic heterocycles. The van der Waals surface area contributed by atoms with Crippen LogP contribution in [0, 0.1) is 0 Å². The molecule has 0 saturated heterocycles. The number of ether oxygens (including phenoxy) is 1. The average Bonchev–Trinajstić information content (AvgIpc) is 2.61. The van der Waals surface area contributed by atoms with Crippen LogP contribution in [0.25, 0.3) is 0 Å². The number of carbonyl (C=O) groups excluding carboxylic acids is 1. The van der Waals surface area contributed by atoms with Crippen LogP contribution in [0.15, 0.2) is 48.5 Å². The van der Waals surface area contributed by atoms with Gasteiger partial charge in [0, 0.05) is 0 Å². The second kappa shape index (κ2) is 7.52. The van der Waals surface area contributed by atoms with Gasteiger partial charge in [-0.3, -0.25) is 4.79 Å². The van der Waals surface area contributed by atoms with Crippen molar-refractivity contribution < 1.29 is 9.53 Å². The Balaban J connectivity index is 1.55. The van der Waals surface area contributed by atoms with Crippen LogP contribution >= 0.6 is 0 Å². The van der Waals surface area contributed by atoms with Crippen molar-refractivity contribution in [2.24, 2.45) is 0 Å². The van der Waals surface area contributed by atoms with Crippen molar-refractivity contribution in [3.05, 3.63) is 65.2 Å². The summed E-state index contributed by atoms with van der Waals surface area (Å²) in [4.78, 5) is 12.2. The highest BCUT2D eigenvalue weighted by molar-refractivity contribution is 5.78. The lowest BCUT2D eigenvalue weighted by atomic mass is 9.88. The number of rotatable bonds is 5. The summed E-state index contributed by atoms with van der Waals surface area (Å²) in [5.41, 5.74) is 3.86. The molecule has 1 atom stereocenters. The summed E-state index contributed by atoms with van der Waals surface area (Å²) >= 11 is 0. The van der Waals surface area contributed by atoms with E-state index in [4.69, 9.17) is 4.74 Å². The second-order valence-electron chi connectivity index (χ2n) is 6.72. The van der Waals surface area contributed by atoms with Gasteiger partial charge >= 0.3 is 0 Å². The van der Waals surface area contributed by atoms with E-state index < -0.39 is 0 Å². The molecule has 0 radical (unpaired) electrons. The molecule has 0 fully saturated rings. The predicted octanol–water partition coefficient (Wildman–Crippen LogP) is 4.38. The van der Waals surface area contributed by atoms with E-state index in [9.17, 15) is 4.79 Å². The van der Waals surface area contributed by atoms with E-state index in [0.717, 1.165) is 25.0 Å². The number of amides is 1. The maximum atomic E-state index is 12.2. The molecule has 3 rings (SSSR count). The average molecular weight is 323 g/mol. The third-order valence-corrected chi connectivity index (χ3v) is 4.62. The van der Waals surface area contributed by atoms with Crippen LogP contribution in [-0.4, -0.2) is 12.5 Å². The van der Waals surface area contributed by atoms with Crippen LogP contribution in [0.5, 0.6) is 5.75 Å². The first-order chi connectivity index (χ1) is 11.6. The van der Waals surface area contributed by atoms with E-state index in [0.29, 0.717) is 5.92 Å². The Kier molecular flexibility index (Phi) is 5.19. The Morgan fingerprint density at radius 3 is 2.67 bits per heavy atom. The summed E-state index contributed by atoms with van der Waals surface area (Å²) in [5, 5.41) is 3.11. The maximum absolute atomic E-state index is 12.2. The summed E-state index contributed by atoms with van der Waals surface area (Å²) in [6, 6.07) is 16.4. The van der Waals surface area contributed by atoms with Crippen LogP contribution in [0.2, 0.25) is 0 Å². The van der Waals surface area contributed by atoms with Gasteiger partial charge in [-0.2, -0.15) is 0 Å². The fourth-order valence-corrected chi connectivity index (χ4v) is 3.24. The standard InChI is InChI=1S/C21H25NO2/c1-15(2)16-10-12-18(13-11-16)24-14-21(23)22-20-9-5-7-17-6-3-4-8-19(17)20/h3-4,6,8,10-13,15,20H,5,7,9,14H2,1-2H3,(H,22,23)/t20-/m0/s1. The van der Waals surface area contributed by atoms with Crippen LogP contribution in [0.1, 0.15) is 55.3 Å². The number of fused-ring (bicyclic) bond motifs is 1. The van der Waals surface area contributed by atoms with Crippen LogP contribution < -0.4 is 10.1 Å². The Bertz CT molecular complexity index is 691. The number of benzene rings is 2. The lowest BCUT2D eigenvalue weighted by molar-refractivity contribution is -0.123. The van der Waals surface area contributed by atoms with Gasteiger partial charge in [0.2, 0.25) is 0 Å². The molecule has 2 aromatic rings. The third-order valence-electron chi connectivity index (χ3n) is 4.62. The van der Waals surface area contributed by atoms with Gasteiger partial charge in [0.05, 0.1) is 6.04 Å². The molecule has 1 aliphatic rings. The molecule has 24 heavy (non-hydrogen) atoms. The molecular weight excluding hydrogens is 298 g/mol. The molecule has 0 saturated carbocycles. The first-order valence-corrected chi connectivity index (χ1v) is 8.73. The van der Waals surface area contributed by atoms with Crippen molar-refractivity contribution in [2.45, 2.75) is 45.1 Å². The number of hydrogen-bond donors (Lipinski definition) is 1. The zero-order valence-corrected chi connectivity index (χ0v) is 14.4. The van der Waals surface area contributed by atoms with E-state index in [1.165, 1.54) is 16.7 Å². The lowest BCUT2D eigenvalue weighted by Crippen LogP contribution is -2.34. The van der Waals surface area contributed by atoms with Gasteiger partial charge in [-0.15, -0.1) is 0 Å². The highest BCUT2D eigenvalue weighted by Crippen LogP contribution is 2.29. The quantitative estimate of drug-likeness (QED) is 0.886. The van der Waals surface area contributed by atoms with Gasteiger partial charge in [-0.25, -0.2) is 0 Å². The first kappa shape index (κ1) is 16.6. The molecule has 0 spiro atoms. The van der Waals surface area contributed by atoms with Crippen molar-refractivity contribution in [3.8, 4) is 5.75 Å². The second-order valence-corrected chi connectivity index (χ2v) is 6.72. The molecular formula is C21H25NO2. The van der Waals surface area contributed by atoms with Crippen molar-refractivity contribution in [3.63, 3.8) is 0 Å². The van der Waals surface area contributed by atoms with Gasteiger partial charge < -0.3 is 10.1 Å². The summed E-state index contributed by atoms with van der Waals surface area (Å²) in [5.74, 6) is 1.16. The largest absolute Gasteiger partial charge is 0.484 e. The Labute approximate surface area is 144 Å². The topological polar surface area (TPSA) is 38.3 Å². The van der Waals surface area contributed by atoms with Crippen LogP contribution in [-0.2, 0) is 11.2 Å². The molecule has 0 unspecified atom stereocenters. The van der Waals surface area contributed by atoms with Gasteiger partial charge in [-0.1, -0.05) is 50.2 Å². The number of carbonyl (C=O) groups is 1. The molecule has 0 aromatic heterocycles. The summed E-state index contributed by atoms with van der Waals surface area (Å²) in [7, 11) is 0. The monoisotopic (exact) mass is 323 g/mol. The van der Waals surface area contributed by atoms with Crippen LogP contribution in [0.4, 0.5) is 0 Å². The van der Waals surface area contributed by atoms with Crippen LogP contribution in [0.3, 0.4) is 0 Å². The highest BCUT2D eigenvalue weighted by Gasteiger charge is 2.21. The normalized spacial score (nSPS) is 16.5. The molecule has 1 N–H and O–H groups in total. The maximum Gasteiger partial charge on any atom is 0.258 e. The van der Waals surface area contributed by atoms with Crippen molar-refractivity contribution in [2.75, 3.05) is 6.61 Å². The minimum atomic E-state index is -0.0651. The van der Waals surface area contributed by atoms with E-state index in [1.807, 2.05) is 18.2 Å². The fourth-order valence-electron chi connectivity index (χ4n) is 3.24. The molecule has 126 valence electrons. The minimum Gasteiger partial charge on any atom is -0.484 e. The zero-order valence-electron chi connectivity index (χ0n) is 14.4. The van der Waals surface area contributed by atoms with Crippen molar-refractivity contribution >= 4 is 5.91 Å². The Morgan fingerprint density at radius 2 is 1.92 bits per heavy atom. The minimum absolute atomic E-state index is 0.0553. The molecule has 1 amide bonds. The van der Waals surface area contributed by atoms with Gasteiger partial charge in [-0.05, 0) is 54.0 Å². The number of aryl methyl sites for hydroxylation is 1. The molecule has 2 aromatic carbocycles.